The normalized spacial score (nSPS) is 10.0. The van der Waals surface area contributed by atoms with Crippen molar-refractivity contribution in [1.82, 2.24) is 0 Å². The van der Waals surface area contributed by atoms with Gasteiger partial charge in [0.1, 0.15) is 5.75 Å². The van der Waals surface area contributed by atoms with Crippen LogP contribution < -0.4 is 4.74 Å². The molecule has 0 bridgehead atoms. The molecule has 0 aromatic heterocycles. The summed E-state index contributed by atoms with van der Waals surface area (Å²) in [6, 6.07) is 2.72. The van der Waals surface area contributed by atoms with Gasteiger partial charge < -0.3 is 9.84 Å². The van der Waals surface area contributed by atoms with Gasteiger partial charge in [-0.05, 0) is 18.6 Å². The number of rotatable bonds is 5. The highest BCUT2D eigenvalue weighted by Gasteiger charge is 2.09. The standard InChI is InChI=1S/C11H10F2O4/c12-8-5-4-7(6-9(8)13)17-11(16)3-1-2-10(14)15/h4-6H,1-3H2,(H,14,15). The largest absolute Gasteiger partial charge is 0.481 e. The van der Waals surface area contributed by atoms with Crippen LogP contribution in [0.25, 0.3) is 0 Å². The summed E-state index contributed by atoms with van der Waals surface area (Å²) in [4.78, 5) is 21.3. The molecule has 0 saturated heterocycles. The Labute approximate surface area is 95.8 Å². The predicted octanol–water partition coefficient (Wildman–Crippen LogP) is 2.13. The number of hydrogen-bond acceptors (Lipinski definition) is 3. The summed E-state index contributed by atoms with van der Waals surface area (Å²) in [5, 5.41) is 8.34. The molecular weight excluding hydrogens is 234 g/mol. The minimum atomic E-state index is -1.11. The summed E-state index contributed by atoms with van der Waals surface area (Å²) < 4.78 is 30.0. The van der Waals surface area contributed by atoms with E-state index in [0.717, 1.165) is 18.2 Å². The second-order valence-electron chi connectivity index (χ2n) is 3.30. The lowest BCUT2D eigenvalue weighted by Gasteiger charge is -2.03. The van der Waals surface area contributed by atoms with E-state index in [1.54, 1.807) is 0 Å². The van der Waals surface area contributed by atoms with Gasteiger partial charge in [-0.1, -0.05) is 0 Å². The summed E-state index contributed by atoms with van der Waals surface area (Å²) >= 11 is 0. The maximum atomic E-state index is 12.7. The zero-order valence-electron chi connectivity index (χ0n) is 8.78. The number of aliphatic carboxylic acids is 1. The quantitative estimate of drug-likeness (QED) is 0.636. The molecule has 92 valence electrons. The maximum absolute atomic E-state index is 12.7. The Bertz CT molecular complexity index is 431. The average Bonchev–Trinajstić information content (AvgIpc) is 2.23. The van der Waals surface area contributed by atoms with Crippen LogP contribution in [-0.4, -0.2) is 17.0 Å². The van der Waals surface area contributed by atoms with Gasteiger partial charge in [0.25, 0.3) is 0 Å². The van der Waals surface area contributed by atoms with Gasteiger partial charge in [0.15, 0.2) is 11.6 Å². The number of esters is 1. The van der Waals surface area contributed by atoms with Crippen molar-refractivity contribution in [2.24, 2.45) is 0 Å². The molecule has 0 aliphatic carbocycles. The van der Waals surface area contributed by atoms with Crippen molar-refractivity contribution in [3.8, 4) is 5.75 Å². The van der Waals surface area contributed by atoms with E-state index in [9.17, 15) is 18.4 Å². The van der Waals surface area contributed by atoms with Gasteiger partial charge in [-0.3, -0.25) is 9.59 Å². The Morgan fingerprint density at radius 1 is 1.18 bits per heavy atom. The molecule has 1 N–H and O–H groups in total. The van der Waals surface area contributed by atoms with Crippen molar-refractivity contribution in [1.29, 1.82) is 0 Å². The first kappa shape index (κ1) is 13.1. The van der Waals surface area contributed by atoms with Crippen LogP contribution in [0.15, 0.2) is 18.2 Å². The van der Waals surface area contributed by atoms with Crippen LogP contribution in [0.3, 0.4) is 0 Å². The number of carbonyl (C=O) groups is 2. The minimum absolute atomic E-state index is 0.0920. The van der Waals surface area contributed by atoms with Crippen LogP contribution >= 0.6 is 0 Å². The third-order valence-corrected chi connectivity index (χ3v) is 1.89. The molecule has 0 radical (unpaired) electrons. The fourth-order valence-electron chi connectivity index (χ4n) is 1.11. The number of carbonyl (C=O) groups excluding carboxylic acids is 1. The average molecular weight is 244 g/mol. The molecule has 0 amide bonds. The summed E-state index contributed by atoms with van der Waals surface area (Å²) in [5.74, 6) is -3.94. The zero-order chi connectivity index (χ0) is 12.8. The Morgan fingerprint density at radius 3 is 2.47 bits per heavy atom. The molecule has 6 heteroatoms. The predicted molar refractivity (Wildman–Crippen MR) is 53.5 cm³/mol. The second kappa shape index (κ2) is 5.93. The second-order valence-corrected chi connectivity index (χ2v) is 3.30. The summed E-state index contributed by atoms with van der Waals surface area (Å²) in [6.45, 7) is 0. The third-order valence-electron chi connectivity index (χ3n) is 1.89. The molecule has 0 aliphatic rings. The highest BCUT2D eigenvalue weighted by Crippen LogP contribution is 2.16. The lowest BCUT2D eigenvalue weighted by Crippen LogP contribution is -2.09. The topological polar surface area (TPSA) is 63.6 Å². The third kappa shape index (κ3) is 4.58. The Hall–Kier alpha value is -1.98. The molecule has 0 atom stereocenters. The van der Waals surface area contributed by atoms with Gasteiger partial charge >= 0.3 is 11.9 Å². The van der Waals surface area contributed by atoms with Gasteiger partial charge in [-0.25, -0.2) is 8.78 Å². The number of halogens is 2. The lowest BCUT2D eigenvalue weighted by molar-refractivity contribution is -0.137. The van der Waals surface area contributed by atoms with Gasteiger partial charge in [-0.15, -0.1) is 0 Å². The van der Waals surface area contributed by atoms with Crippen LogP contribution in [0.2, 0.25) is 0 Å². The van der Waals surface area contributed by atoms with E-state index >= 15 is 0 Å². The van der Waals surface area contributed by atoms with Crippen LogP contribution in [0.1, 0.15) is 19.3 Å². The molecule has 0 heterocycles. The maximum Gasteiger partial charge on any atom is 0.311 e. The van der Waals surface area contributed by atoms with Crippen LogP contribution in [0.5, 0.6) is 5.75 Å². The number of benzene rings is 1. The van der Waals surface area contributed by atoms with E-state index in [2.05, 4.69) is 0 Å². The van der Waals surface area contributed by atoms with E-state index in [1.807, 2.05) is 0 Å². The van der Waals surface area contributed by atoms with Crippen molar-refractivity contribution < 1.29 is 28.2 Å². The fraction of sp³-hybridized carbons (Fsp3) is 0.273. The number of carboxylic acids is 1. The van der Waals surface area contributed by atoms with E-state index in [1.165, 1.54) is 0 Å². The summed E-state index contributed by atoms with van der Waals surface area (Å²) in [7, 11) is 0. The van der Waals surface area contributed by atoms with Crippen molar-refractivity contribution >= 4 is 11.9 Å². The van der Waals surface area contributed by atoms with Crippen molar-refractivity contribution in [2.45, 2.75) is 19.3 Å². The monoisotopic (exact) mass is 244 g/mol. The Morgan fingerprint density at radius 2 is 1.88 bits per heavy atom. The first-order valence-electron chi connectivity index (χ1n) is 4.86. The highest BCUT2D eigenvalue weighted by atomic mass is 19.2. The molecule has 1 rings (SSSR count). The lowest BCUT2D eigenvalue weighted by atomic mass is 10.2. The molecule has 1 aromatic rings. The SMILES string of the molecule is O=C(O)CCCC(=O)Oc1ccc(F)c(F)c1. The van der Waals surface area contributed by atoms with E-state index in [0.29, 0.717) is 0 Å². The Balaban J connectivity index is 2.45. The number of carboxylic acid groups (broad SMARTS) is 1. The van der Waals surface area contributed by atoms with Crippen molar-refractivity contribution in [3.05, 3.63) is 29.8 Å². The first-order chi connectivity index (χ1) is 7.99. The molecule has 17 heavy (non-hydrogen) atoms. The molecule has 0 fully saturated rings. The van der Waals surface area contributed by atoms with Crippen LogP contribution in [0, 0.1) is 11.6 Å². The van der Waals surface area contributed by atoms with Gasteiger partial charge in [0.2, 0.25) is 0 Å². The van der Waals surface area contributed by atoms with E-state index in [-0.39, 0.29) is 25.0 Å². The van der Waals surface area contributed by atoms with Gasteiger partial charge in [0, 0.05) is 18.9 Å². The van der Waals surface area contributed by atoms with Gasteiger partial charge in [0.05, 0.1) is 0 Å². The van der Waals surface area contributed by atoms with Crippen LogP contribution in [0.4, 0.5) is 8.78 Å². The molecule has 0 spiro atoms. The van der Waals surface area contributed by atoms with Crippen molar-refractivity contribution in [3.63, 3.8) is 0 Å². The Kier molecular flexibility index (Phi) is 4.56. The van der Waals surface area contributed by atoms with Crippen LogP contribution in [-0.2, 0) is 9.59 Å². The van der Waals surface area contributed by atoms with E-state index in [4.69, 9.17) is 9.84 Å². The highest BCUT2D eigenvalue weighted by molar-refractivity contribution is 5.73. The van der Waals surface area contributed by atoms with Gasteiger partial charge in [-0.2, -0.15) is 0 Å². The molecule has 4 nitrogen and oxygen atoms in total. The summed E-state index contributed by atoms with van der Waals surface area (Å²) in [5.41, 5.74) is 0. The first-order valence-corrected chi connectivity index (χ1v) is 4.86. The molecule has 0 saturated carbocycles. The molecule has 0 aliphatic heterocycles. The van der Waals surface area contributed by atoms with Crippen molar-refractivity contribution in [2.75, 3.05) is 0 Å². The molecule has 1 aromatic carbocycles. The number of ether oxygens (including phenoxy) is 1. The minimum Gasteiger partial charge on any atom is -0.481 e. The smallest absolute Gasteiger partial charge is 0.311 e. The molecule has 0 unspecified atom stereocenters. The molecular formula is C11H10F2O4. The zero-order valence-corrected chi connectivity index (χ0v) is 8.78. The summed E-state index contributed by atoms with van der Waals surface area (Å²) in [6.07, 6.45) is -0.101. The number of hydrogen-bond donors (Lipinski definition) is 1. The fourth-order valence-corrected chi connectivity index (χ4v) is 1.11. The van der Waals surface area contributed by atoms with E-state index < -0.39 is 23.6 Å².